The van der Waals surface area contributed by atoms with Gasteiger partial charge in [-0.1, -0.05) is 98.3 Å². The van der Waals surface area contributed by atoms with Crippen molar-refractivity contribution in [1.29, 1.82) is 0 Å². The van der Waals surface area contributed by atoms with Crippen LogP contribution < -0.4 is 10.1 Å². The van der Waals surface area contributed by atoms with E-state index in [-0.39, 0.29) is 17.4 Å². The number of rotatable bonds is 7. The Bertz CT molecular complexity index is 1170. The normalized spacial score (nSPS) is 23.5. The largest absolute Gasteiger partial charge is 0.488 e. The van der Waals surface area contributed by atoms with Gasteiger partial charge in [-0.2, -0.15) is 0 Å². The summed E-state index contributed by atoms with van der Waals surface area (Å²) in [5, 5.41) is 3.61. The zero-order valence-corrected chi connectivity index (χ0v) is 20.9. The summed E-state index contributed by atoms with van der Waals surface area (Å²) in [5.41, 5.74) is 2.94. The average Bonchev–Trinajstić information content (AvgIpc) is 3.19. The van der Waals surface area contributed by atoms with Gasteiger partial charge in [0.25, 0.3) is 5.91 Å². The topological polar surface area (TPSA) is 41.6 Å². The minimum atomic E-state index is -0.126. The van der Waals surface area contributed by atoms with E-state index in [1.807, 2.05) is 66.7 Å². The molecule has 1 unspecified atom stereocenters. The number of nitrogens with one attached hydrogen (secondary N) is 1. The molecule has 35 heavy (non-hydrogen) atoms. The van der Waals surface area contributed by atoms with Gasteiger partial charge in [-0.05, 0) is 48.6 Å². The highest BCUT2D eigenvalue weighted by Crippen LogP contribution is 2.42. The van der Waals surface area contributed by atoms with Gasteiger partial charge in [0, 0.05) is 17.3 Å². The fourth-order valence-electron chi connectivity index (χ4n) is 4.98. The summed E-state index contributed by atoms with van der Waals surface area (Å²) in [7, 11) is 0. The third-order valence-corrected chi connectivity index (χ3v) is 7.98. The van der Waals surface area contributed by atoms with Crippen molar-refractivity contribution in [2.45, 2.75) is 50.8 Å². The molecule has 180 valence electrons. The Hall–Kier alpha value is -3.18. The van der Waals surface area contributed by atoms with E-state index < -0.39 is 0 Å². The second-order valence-corrected chi connectivity index (χ2v) is 10.5. The van der Waals surface area contributed by atoms with Crippen LogP contribution in [0.25, 0.3) is 6.08 Å². The molecule has 1 aliphatic heterocycles. The van der Waals surface area contributed by atoms with Gasteiger partial charge in [0.2, 0.25) is 0 Å². The zero-order chi connectivity index (χ0) is 24.0. The minimum absolute atomic E-state index is 0.111. The lowest BCUT2D eigenvalue weighted by molar-refractivity contribution is -0.129. The minimum Gasteiger partial charge on any atom is -0.488 e. The number of thioether (sulfide) groups is 1. The first-order chi connectivity index (χ1) is 17.2. The van der Waals surface area contributed by atoms with Crippen molar-refractivity contribution in [3.8, 4) is 5.75 Å². The third kappa shape index (κ3) is 5.57. The fourth-order valence-corrected chi connectivity index (χ4v) is 6.18. The van der Waals surface area contributed by atoms with E-state index in [9.17, 15) is 4.79 Å². The Balaban J connectivity index is 1.41. The number of hydrogen-bond donors (Lipinski definition) is 1. The summed E-state index contributed by atoms with van der Waals surface area (Å²) in [6.45, 7) is 2.78. The van der Waals surface area contributed by atoms with Crippen LogP contribution in [0.5, 0.6) is 5.75 Å². The van der Waals surface area contributed by atoms with Crippen LogP contribution in [0.15, 0.2) is 89.8 Å². The number of para-hydroxylation sites is 2. The van der Waals surface area contributed by atoms with Gasteiger partial charge in [-0.3, -0.25) is 4.79 Å². The summed E-state index contributed by atoms with van der Waals surface area (Å²) < 4.78 is 6.16. The van der Waals surface area contributed by atoms with E-state index >= 15 is 0 Å². The molecule has 1 amide bonds. The number of carbonyl (C=O) groups is 1. The van der Waals surface area contributed by atoms with Gasteiger partial charge < -0.3 is 15.0 Å². The molecular formula is C30H32N2O2S. The molecule has 3 aromatic carbocycles. The molecule has 3 aromatic rings. The maximum atomic E-state index is 13.8. The fraction of sp³-hybridized carbons (Fsp3) is 0.300. The van der Waals surface area contributed by atoms with E-state index in [4.69, 9.17) is 4.74 Å². The maximum Gasteiger partial charge on any atom is 0.262 e. The first-order valence-corrected chi connectivity index (χ1v) is 13.4. The van der Waals surface area contributed by atoms with Crippen LogP contribution >= 0.6 is 11.8 Å². The van der Waals surface area contributed by atoms with Crippen molar-refractivity contribution in [1.82, 2.24) is 4.90 Å². The van der Waals surface area contributed by atoms with Gasteiger partial charge in [-0.15, -0.1) is 0 Å². The lowest BCUT2D eigenvalue weighted by Crippen LogP contribution is -2.48. The molecule has 4 nitrogen and oxygen atoms in total. The summed E-state index contributed by atoms with van der Waals surface area (Å²) in [6, 6.07) is 28.5. The van der Waals surface area contributed by atoms with Gasteiger partial charge >= 0.3 is 0 Å². The molecule has 2 aliphatic rings. The third-order valence-electron chi connectivity index (χ3n) is 6.87. The monoisotopic (exact) mass is 484 g/mol. The molecule has 1 aliphatic carbocycles. The Kier molecular flexibility index (Phi) is 7.43. The first kappa shape index (κ1) is 23.6. The number of benzene rings is 3. The Morgan fingerprint density at radius 1 is 0.943 bits per heavy atom. The molecule has 0 radical (unpaired) electrons. The lowest BCUT2D eigenvalue weighted by Gasteiger charge is -2.39. The van der Waals surface area contributed by atoms with Crippen LogP contribution in [-0.2, 0) is 11.4 Å². The number of anilines is 1. The van der Waals surface area contributed by atoms with E-state index in [2.05, 4.69) is 41.4 Å². The molecule has 1 saturated heterocycles. The summed E-state index contributed by atoms with van der Waals surface area (Å²) in [5.74, 6) is 1.39. The van der Waals surface area contributed by atoms with Crippen molar-refractivity contribution in [3.05, 3.63) is 101 Å². The summed E-state index contributed by atoms with van der Waals surface area (Å²) in [6.07, 6.45) is 6.66. The van der Waals surface area contributed by atoms with E-state index in [0.717, 1.165) is 33.9 Å². The van der Waals surface area contributed by atoms with Crippen molar-refractivity contribution in [3.63, 3.8) is 0 Å². The molecule has 1 heterocycles. The molecule has 1 N–H and O–H groups in total. The SMILES string of the molecule is C[C@@H]1CCCC[C@H]1N1C(=O)/C(=C/c2ccccc2OCc2ccccc2)SC1Nc1ccccc1. The van der Waals surface area contributed by atoms with Crippen LogP contribution in [0.4, 0.5) is 5.69 Å². The Morgan fingerprint density at radius 3 is 2.40 bits per heavy atom. The van der Waals surface area contributed by atoms with Crippen LogP contribution in [0.1, 0.15) is 43.7 Å². The molecule has 1 saturated carbocycles. The van der Waals surface area contributed by atoms with Gasteiger partial charge in [0.1, 0.15) is 12.4 Å². The van der Waals surface area contributed by atoms with Crippen LogP contribution in [-0.4, -0.2) is 22.3 Å². The summed E-state index contributed by atoms with van der Waals surface area (Å²) >= 11 is 1.61. The smallest absolute Gasteiger partial charge is 0.262 e. The number of amides is 1. The molecule has 5 heteroatoms. The highest BCUT2D eigenvalue weighted by molar-refractivity contribution is 8.05. The quantitative estimate of drug-likeness (QED) is 0.361. The van der Waals surface area contributed by atoms with Crippen LogP contribution in [0.2, 0.25) is 0 Å². The van der Waals surface area contributed by atoms with Gasteiger partial charge in [0.15, 0.2) is 5.50 Å². The summed E-state index contributed by atoms with van der Waals surface area (Å²) in [4.78, 5) is 16.7. The second-order valence-electron chi connectivity index (χ2n) is 9.34. The predicted octanol–water partition coefficient (Wildman–Crippen LogP) is 7.16. The van der Waals surface area contributed by atoms with Crippen molar-refractivity contribution in [2.75, 3.05) is 5.32 Å². The molecule has 0 spiro atoms. The van der Waals surface area contributed by atoms with Crippen molar-refractivity contribution < 1.29 is 9.53 Å². The van der Waals surface area contributed by atoms with Gasteiger partial charge in [-0.25, -0.2) is 0 Å². The number of hydrogen-bond acceptors (Lipinski definition) is 4. The van der Waals surface area contributed by atoms with E-state index in [1.165, 1.54) is 19.3 Å². The Labute approximate surface area is 212 Å². The zero-order valence-electron chi connectivity index (χ0n) is 20.1. The lowest BCUT2D eigenvalue weighted by atomic mass is 9.85. The standard InChI is InChI=1S/C30H32N2O2S/c1-22-12-8-10-18-26(22)32-29(33)28(35-30(32)31-25-16-6-3-7-17-25)20-24-15-9-11-19-27(24)34-21-23-13-4-2-5-14-23/h2-7,9,11,13-17,19-20,22,26,30-31H,8,10,12,18,21H2,1H3/b28-20-/t22-,26-,30?/m1/s1. The number of nitrogens with zero attached hydrogens (tertiary/aromatic N) is 1. The second kappa shape index (κ2) is 11.0. The average molecular weight is 485 g/mol. The van der Waals surface area contributed by atoms with Crippen molar-refractivity contribution >= 4 is 29.4 Å². The van der Waals surface area contributed by atoms with E-state index in [1.54, 1.807) is 11.8 Å². The molecule has 5 rings (SSSR count). The predicted molar refractivity (Wildman–Crippen MR) is 145 cm³/mol. The molecule has 2 fully saturated rings. The first-order valence-electron chi connectivity index (χ1n) is 12.5. The highest BCUT2D eigenvalue weighted by Gasteiger charge is 2.43. The van der Waals surface area contributed by atoms with Crippen molar-refractivity contribution in [2.24, 2.45) is 5.92 Å². The molecule has 0 aromatic heterocycles. The van der Waals surface area contributed by atoms with Crippen LogP contribution in [0, 0.1) is 5.92 Å². The Morgan fingerprint density at radius 2 is 1.63 bits per heavy atom. The molecule has 3 atom stereocenters. The number of ether oxygens (including phenoxy) is 1. The molecular weight excluding hydrogens is 452 g/mol. The molecule has 0 bridgehead atoms. The maximum absolute atomic E-state index is 13.8. The highest BCUT2D eigenvalue weighted by atomic mass is 32.2. The van der Waals surface area contributed by atoms with Crippen LogP contribution in [0.3, 0.4) is 0 Å². The van der Waals surface area contributed by atoms with E-state index in [0.29, 0.717) is 12.5 Å². The number of carbonyl (C=O) groups excluding carboxylic acids is 1. The van der Waals surface area contributed by atoms with Gasteiger partial charge in [0.05, 0.1) is 4.91 Å².